The number of aromatic nitrogens is 4. The first kappa shape index (κ1) is 26.6. The molecular formula is C42H28N4S. The Morgan fingerprint density at radius 1 is 0.532 bits per heavy atom. The second kappa shape index (κ2) is 9.68. The molecule has 0 spiro atoms. The molecule has 0 saturated heterocycles. The predicted molar refractivity (Wildman–Crippen MR) is 195 cm³/mol. The van der Waals surface area contributed by atoms with Crippen molar-refractivity contribution in [2.75, 3.05) is 0 Å². The Balaban J connectivity index is 1.26. The number of benzene rings is 6. The fourth-order valence-electron chi connectivity index (χ4n) is 7.72. The molecule has 47 heavy (non-hydrogen) atoms. The van der Waals surface area contributed by atoms with Gasteiger partial charge in [0.25, 0.3) is 0 Å². The van der Waals surface area contributed by atoms with E-state index in [2.05, 4.69) is 134 Å². The third-order valence-corrected chi connectivity index (χ3v) is 11.0. The molecule has 3 aromatic heterocycles. The van der Waals surface area contributed by atoms with E-state index in [1.807, 2.05) is 18.2 Å². The third kappa shape index (κ3) is 3.78. The molecular weight excluding hydrogens is 593 g/mol. The van der Waals surface area contributed by atoms with Crippen molar-refractivity contribution in [1.82, 2.24) is 19.5 Å². The predicted octanol–water partition coefficient (Wildman–Crippen LogP) is 11.0. The lowest BCUT2D eigenvalue weighted by molar-refractivity contribution is 0.666. The van der Waals surface area contributed by atoms with Gasteiger partial charge < -0.3 is 0 Å². The Morgan fingerprint density at radius 3 is 2.11 bits per heavy atom. The second-order valence-corrected chi connectivity index (χ2v) is 13.9. The summed E-state index contributed by atoms with van der Waals surface area (Å²) in [6.07, 6.45) is 0. The van der Waals surface area contributed by atoms with E-state index in [1.165, 1.54) is 53.2 Å². The molecule has 4 nitrogen and oxygen atoms in total. The molecule has 0 fully saturated rings. The van der Waals surface area contributed by atoms with E-state index in [4.69, 9.17) is 15.0 Å². The fourth-order valence-corrected chi connectivity index (χ4v) is 8.87. The van der Waals surface area contributed by atoms with Crippen molar-refractivity contribution >= 4 is 53.3 Å². The lowest BCUT2D eigenvalue weighted by Crippen LogP contribution is -2.15. The quantitative estimate of drug-likeness (QED) is 0.197. The molecule has 6 aromatic carbocycles. The molecule has 0 N–H and O–H groups in total. The summed E-state index contributed by atoms with van der Waals surface area (Å²) in [5.74, 6) is 1.93. The van der Waals surface area contributed by atoms with Crippen LogP contribution in [-0.4, -0.2) is 19.5 Å². The normalized spacial score (nSPS) is 13.5. The number of fused-ring (bicyclic) bond motifs is 10. The first-order valence-electron chi connectivity index (χ1n) is 16.0. The summed E-state index contributed by atoms with van der Waals surface area (Å²) in [5.41, 5.74) is 9.31. The molecule has 222 valence electrons. The molecule has 0 amide bonds. The topological polar surface area (TPSA) is 43.6 Å². The van der Waals surface area contributed by atoms with Crippen molar-refractivity contribution < 1.29 is 0 Å². The Morgan fingerprint density at radius 2 is 1.23 bits per heavy atom. The van der Waals surface area contributed by atoms with Crippen molar-refractivity contribution in [3.05, 3.63) is 145 Å². The Hall–Kier alpha value is -5.65. The zero-order valence-corrected chi connectivity index (χ0v) is 26.7. The molecule has 0 atom stereocenters. The van der Waals surface area contributed by atoms with Gasteiger partial charge in [-0.3, -0.25) is 4.57 Å². The van der Waals surface area contributed by atoms with Crippen LogP contribution in [-0.2, 0) is 5.41 Å². The van der Waals surface area contributed by atoms with Crippen molar-refractivity contribution in [2.45, 2.75) is 19.3 Å². The van der Waals surface area contributed by atoms with Crippen molar-refractivity contribution in [1.29, 1.82) is 0 Å². The van der Waals surface area contributed by atoms with Gasteiger partial charge in [-0.2, -0.15) is 9.97 Å². The van der Waals surface area contributed by atoms with Gasteiger partial charge in [0.05, 0.1) is 11.0 Å². The van der Waals surface area contributed by atoms with E-state index in [0.29, 0.717) is 17.6 Å². The number of para-hydroxylation sites is 1. The maximum atomic E-state index is 5.25. The number of rotatable bonds is 3. The van der Waals surface area contributed by atoms with E-state index in [9.17, 15) is 0 Å². The van der Waals surface area contributed by atoms with Crippen LogP contribution in [0.1, 0.15) is 25.0 Å². The average Bonchev–Trinajstić information content (AvgIpc) is 3.74. The molecule has 0 bridgehead atoms. The Labute approximate surface area is 275 Å². The summed E-state index contributed by atoms with van der Waals surface area (Å²) >= 11 is 1.81. The van der Waals surface area contributed by atoms with Crippen LogP contribution in [0.25, 0.3) is 81.8 Å². The Bertz CT molecular complexity index is 2720. The van der Waals surface area contributed by atoms with Gasteiger partial charge in [0.15, 0.2) is 11.6 Å². The third-order valence-electron chi connectivity index (χ3n) is 9.85. The summed E-state index contributed by atoms with van der Waals surface area (Å²) in [5, 5.41) is 5.00. The molecule has 0 aliphatic heterocycles. The van der Waals surface area contributed by atoms with E-state index in [0.717, 1.165) is 22.2 Å². The van der Waals surface area contributed by atoms with Crippen molar-refractivity contribution in [2.24, 2.45) is 0 Å². The minimum absolute atomic E-state index is 0.153. The highest BCUT2D eigenvalue weighted by atomic mass is 32.1. The molecule has 9 aromatic rings. The van der Waals surface area contributed by atoms with Crippen LogP contribution >= 0.6 is 11.3 Å². The summed E-state index contributed by atoms with van der Waals surface area (Å²) in [7, 11) is 0. The molecule has 0 unspecified atom stereocenters. The fraction of sp³-hybridized carbons (Fsp3) is 0.0714. The van der Waals surface area contributed by atoms with Gasteiger partial charge in [-0.1, -0.05) is 123 Å². The summed E-state index contributed by atoms with van der Waals surface area (Å²) in [4.78, 5) is 15.5. The van der Waals surface area contributed by atoms with Crippen LogP contribution in [0.3, 0.4) is 0 Å². The molecule has 0 radical (unpaired) electrons. The minimum Gasteiger partial charge on any atom is -0.278 e. The first-order chi connectivity index (χ1) is 23.1. The van der Waals surface area contributed by atoms with Crippen LogP contribution in [0.4, 0.5) is 0 Å². The van der Waals surface area contributed by atoms with Crippen LogP contribution in [0, 0.1) is 0 Å². The zero-order chi connectivity index (χ0) is 31.3. The van der Waals surface area contributed by atoms with Crippen LogP contribution in [0.2, 0.25) is 0 Å². The maximum Gasteiger partial charge on any atom is 0.238 e. The molecule has 3 heterocycles. The highest BCUT2D eigenvalue weighted by Gasteiger charge is 2.38. The van der Waals surface area contributed by atoms with Gasteiger partial charge in [-0.25, -0.2) is 4.98 Å². The van der Waals surface area contributed by atoms with Crippen molar-refractivity contribution in [3.8, 4) is 39.9 Å². The summed E-state index contributed by atoms with van der Waals surface area (Å²) in [6, 6.07) is 47.4. The van der Waals surface area contributed by atoms with E-state index in [-0.39, 0.29) is 5.41 Å². The number of hydrogen-bond acceptors (Lipinski definition) is 4. The molecule has 0 saturated carbocycles. The van der Waals surface area contributed by atoms with Gasteiger partial charge in [0.2, 0.25) is 5.95 Å². The Kier molecular flexibility index (Phi) is 5.47. The second-order valence-electron chi connectivity index (χ2n) is 12.9. The smallest absolute Gasteiger partial charge is 0.238 e. The lowest BCUT2D eigenvalue weighted by Gasteiger charge is -2.22. The van der Waals surface area contributed by atoms with Crippen LogP contribution in [0.5, 0.6) is 0 Å². The molecule has 5 heteroatoms. The van der Waals surface area contributed by atoms with Gasteiger partial charge in [-0.15, -0.1) is 11.3 Å². The monoisotopic (exact) mass is 620 g/mol. The zero-order valence-electron chi connectivity index (χ0n) is 25.9. The first-order valence-corrected chi connectivity index (χ1v) is 16.8. The van der Waals surface area contributed by atoms with E-state index < -0.39 is 0 Å². The van der Waals surface area contributed by atoms with Crippen LogP contribution in [0.15, 0.2) is 133 Å². The molecule has 1 aliphatic carbocycles. The number of hydrogen-bond donors (Lipinski definition) is 0. The maximum absolute atomic E-state index is 5.25. The largest absolute Gasteiger partial charge is 0.278 e. The number of thiophene rings is 1. The number of nitrogens with zero attached hydrogens (tertiary/aromatic N) is 4. The molecule has 10 rings (SSSR count). The minimum atomic E-state index is -0.153. The highest BCUT2D eigenvalue weighted by molar-refractivity contribution is 7.25. The van der Waals surface area contributed by atoms with Gasteiger partial charge in [0, 0.05) is 47.5 Å². The van der Waals surface area contributed by atoms with Gasteiger partial charge in [0.1, 0.15) is 0 Å². The molecule has 1 aliphatic rings. The van der Waals surface area contributed by atoms with E-state index in [1.54, 1.807) is 11.3 Å². The van der Waals surface area contributed by atoms with Crippen molar-refractivity contribution in [3.63, 3.8) is 0 Å². The lowest BCUT2D eigenvalue weighted by atomic mass is 9.80. The summed E-state index contributed by atoms with van der Waals surface area (Å²) in [6.45, 7) is 4.70. The summed E-state index contributed by atoms with van der Waals surface area (Å²) < 4.78 is 4.74. The standard InChI is InChI=1S/C42H28N4S/c1-42(2)32-17-9-6-14-27(32)30-22-23-34-37(38(30)42)31-16-7-10-18-33(31)46(34)41-44-39(25-12-4-3-5-13-25)43-40(45-41)26-20-21-29-28-15-8-11-19-35(28)47-36(29)24-26/h3-24H,1-2H3. The van der Waals surface area contributed by atoms with Crippen LogP contribution < -0.4 is 0 Å². The SMILES string of the molecule is CC1(C)c2ccccc2-c2ccc3c(c21)c1ccccc1n3-c1nc(-c2ccccc2)nc(-c2ccc3c(c2)sc2ccccc23)n1. The highest BCUT2D eigenvalue weighted by Crippen LogP contribution is 2.53. The van der Waals surface area contributed by atoms with E-state index >= 15 is 0 Å². The van der Waals surface area contributed by atoms with Gasteiger partial charge in [-0.05, 0) is 46.5 Å². The van der Waals surface area contributed by atoms with Gasteiger partial charge >= 0.3 is 0 Å². The average molecular weight is 621 g/mol.